The minimum absolute atomic E-state index is 0. The number of benzene rings is 1. The predicted molar refractivity (Wildman–Crippen MR) is 83.4 cm³/mol. The summed E-state index contributed by atoms with van der Waals surface area (Å²) in [6, 6.07) is 4.13. The summed E-state index contributed by atoms with van der Waals surface area (Å²) in [6.07, 6.45) is 6.77. The van der Waals surface area contributed by atoms with Crippen molar-refractivity contribution in [3.63, 3.8) is 0 Å². The van der Waals surface area contributed by atoms with Gasteiger partial charge in [0.15, 0.2) is 0 Å². The molecule has 19 heavy (non-hydrogen) atoms. The van der Waals surface area contributed by atoms with Gasteiger partial charge in [-0.2, -0.15) is 0 Å². The summed E-state index contributed by atoms with van der Waals surface area (Å²) in [5.74, 6) is 0. The van der Waals surface area contributed by atoms with Crippen molar-refractivity contribution in [1.29, 1.82) is 0 Å². The Bertz CT molecular complexity index is 432. The SMILES string of the molecule is CC1([NH2+]Cc2cc(Br)cc(Br)c2N)CCCCC1.[Cl-]. The first-order valence-electron chi connectivity index (χ1n) is 6.58. The summed E-state index contributed by atoms with van der Waals surface area (Å²) >= 11 is 7.03. The molecular formula is C14H21Br2ClN2. The zero-order valence-electron chi connectivity index (χ0n) is 11.2. The molecule has 1 aromatic carbocycles. The van der Waals surface area contributed by atoms with Gasteiger partial charge in [0.2, 0.25) is 0 Å². The van der Waals surface area contributed by atoms with Crippen molar-refractivity contribution in [3.8, 4) is 0 Å². The van der Waals surface area contributed by atoms with Crippen molar-refractivity contribution >= 4 is 37.5 Å². The Hall–Kier alpha value is 0.230. The lowest BCUT2D eigenvalue weighted by atomic mass is 9.83. The van der Waals surface area contributed by atoms with Crippen LogP contribution in [0.4, 0.5) is 5.69 Å². The molecule has 1 aliphatic carbocycles. The highest BCUT2D eigenvalue weighted by Crippen LogP contribution is 2.28. The van der Waals surface area contributed by atoms with E-state index in [0.29, 0.717) is 5.54 Å². The lowest BCUT2D eigenvalue weighted by Crippen LogP contribution is -3.00. The van der Waals surface area contributed by atoms with Gasteiger partial charge < -0.3 is 23.5 Å². The Labute approximate surface area is 138 Å². The summed E-state index contributed by atoms with van der Waals surface area (Å²) in [5, 5.41) is 2.47. The molecule has 1 aromatic rings. The van der Waals surface area contributed by atoms with Crippen LogP contribution in [0.15, 0.2) is 21.1 Å². The molecule has 0 amide bonds. The van der Waals surface area contributed by atoms with E-state index in [-0.39, 0.29) is 12.4 Å². The Morgan fingerprint density at radius 1 is 1.21 bits per heavy atom. The fourth-order valence-corrected chi connectivity index (χ4v) is 4.04. The lowest BCUT2D eigenvalue weighted by Gasteiger charge is -2.31. The Morgan fingerprint density at radius 2 is 1.84 bits per heavy atom. The highest BCUT2D eigenvalue weighted by Gasteiger charge is 2.29. The normalized spacial score (nSPS) is 17.8. The maximum Gasteiger partial charge on any atom is 0.104 e. The van der Waals surface area contributed by atoms with E-state index in [2.05, 4.69) is 50.2 Å². The summed E-state index contributed by atoms with van der Waals surface area (Å²) < 4.78 is 2.06. The van der Waals surface area contributed by atoms with Crippen molar-refractivity contribution in [3.05, 3.63) is 26.6 Å². The van der Waals surface area contributed by atoms with E-state index in [1.807, 2.05) is 6.07 Å². The molecule has 0 aliphatic heterocycles. The van der Waals surface area contributed by atoms with Gasteiger partial charge in [-0.25, -0.2) is 0 Å². The number of halogens is 3. The van der Waals surface area contributed by atoms with E-state index < -0.39 is 0 Å². The third-order valence-electron chi connectivity index (χ3n) is 3.99. The molecule has 4 N–H and O–H groups in total. The number of quaternary nitrogens is 1. The zero-order chi connectivity index (χ0) is 13.2. The van der Waals surface area contributed by atoms with Gasteiger partial charge in [0, 0.05) is 27.4 Å². The van der Waals surface area contributed by atoms with E-state index >= 15 is 0 Å². The van der Waals surface area contributed by atoms with Crippen LogP contribution < -0.4 is 23.5 Å². The average Bonchev–Trinajstić information content (AvgIpc) is 2.33. The van der Waals surface area contributed by atoms with Gasteiger partial charge in [0.25, 0.3) is 0 Å². The van der Waals surface area contributed by atoms with Gasteiger partial charge in [0.1, 0.15) is 6.54 Å². The third-order valence-corrected chi connectivity index (χ3v) is 5.10. The van der Waals surface area contributed by atoms with Gasteiger partial charge in [0.05, 0.1) is 11.2 Å². The molecule has 0 unspecified atom stereocenters. The second kappa shape index (κ2) is 7.30. The Balaban J connectivity index is 0.00000180. The first-order valence-corrected chi connectivity index (χ1v) is 8.16. The molecule has 0 heterocycles. The van der Waals surface area contributed by atoms with E-state index in [1.54, 1.807) is 0 Å². The molecule has 1 saturated carbocycles. The molecule has 2 nitrogen and oxygen atoms in total. The van der Waals surface area contributed by atoms with Crippen LogP contribution in [0.25, 0.3) is 0 Å². The largest absolute Gasteiger partial charge is 1.00 e. The zero-order valence-corrected chi connectivity index (χ0v) is 15.1. The van der Waals surface area contributed by atoms with Crippen LogP contribution in [-0.2, 0) is 6.54 Å². The van der Waals surface area contributed by atoms with Crippen molar-refractivity contribution in [2.75, 3.05) is 5.73 Å². The van der Waals surface area contributed by atoms with Crippen molar-refractivity contribution in [1.82, 2.24) is 0 Å². The molecule has 0 radical (unpaired) electrons. The predicted octanol–water partition coefficient (Wildman–Crippen LogP) is 0.584. The topological polar surface area (TPSA) is 42.6 Å². The standard InChI is InChI=1S/C14H20Br2N2.ClH/c1-14(5-3-2-4-6-14)18-9-10-7-11(15)8-12(16)13(10)17;/h7-8,18H,2-6,9,17H2,1H3;1H. The van der Waals surface area contributed by atoms with E-state index in [0.717, 1.165) is 21.2 Å². The minimum Gasteiger partial charge on any atom is -1.00 e. The van der Waals surface area contributed by atoms with E-state index in [4.69, 9.17) is 5.73 Å². The van der Waals surface area contributed by atoms with Crippen LogP contribution in [0, 0.1) is 0 Å². The molecule has 0 saturated heterocycles. The molecule has 5 heteroatoms. The molecule has 0 aromatic heterocycles. The molecule has 2 rings (SSSR count). The number of rotatable bonds is 3. The Morgan fingerprint density at radius 3 is 2.47 bits per heavy atom. The van der Waals surface area contributed by atoms with Crippen LogP contribution in [-0.4, -0.2) is 5.54 Å². The van der Waals surface area contributed by atoms with Gasteiger partial charge >= 0.3 is 0 Å². The smallest absolute Gasteiger partial charge is 0.104 e. The molecule has 108 valence electrons. The number of nitrogen functional groups attached to an aromatic ring is 1. The number of anilines is 1. The van der Waals surface area contributed by atoms with Crippen LogP contribution >= 0.6 is 31.9 Å². The van der Waals surface area contributed by atoms with Crippen LogP contribution in [0.5, 0.6) is 0 Å². The molecular weight excluding hydrogens is 391 g/mol. The minimum atomic E-state index is 0. The third kappa shape index (κ3) is 4.62. The number of nitrogens with two attached hydrogens (primary N) is 2. The number of hydrogen-bond acceptors (Lipinski definition) is 1. The molecule has 0 atom stereocenters. The first-order chi connectivity index (χ1) is 8.50. The van der Waals surface area contributed by atoms with Crippen molar-refractivity contribution in [2.24, 2.45) is 0 Å². The maximum absolute atomic E-state index is 6.12. The van der Waals surface area contributed by atoms with Crippen molar-refractivity contribution < 1.29 is 17.7 Å². The van der Waals surface area contributed by atoms with Crippen LogP contribution in [0.2, 0.25) is 0 Å². The van der Waals surface area contributed by atoms with Gasteiger partial charge in [-0.3, -0.25) is 0 Å². The van der Waals surface area contributed by atoms with Gasteiger partial charge in [-0.1, -0.05) is 22.4 Å². The second-order valence-electron chi connectivity index (χ2n) is 5.58. The summed E-state index contributed by atoms with van der Waals surface area (Å²) in [4.78, 5) is 0. The average molecular weight is 413 g/mol. The van der Waals surface area contributed by atoms with Crippen LogP contribution in [0.1, 0.15) is 44.6 Å². The highest BCUT2D eigenvalue weighted by molar-refractivity contribution is 9.11. The maximum atomic E-state index is 6.12. The fraction of sp³-hybridized carbons (Fsp3) is 0.571. The Kier molecular flexibility index (Phi) is 6.64. The quantitative estimate of drug-likeness (QED) is 0.701. The number of hydrogen-bond donors (Lipinski definition) is 2. The van der Waals surface area contributed by atoms with Crippen molar-refractivity contribution in [2.45, 2.75) is 51.1 Å². The fourth-order valence-electron chi connectivity index (χ4n) is 2.73. The molecule has 0 bridgehead atoms. The summed E-state index contributed by atoms with van der Waals surface area (Å²) in [5.41, 5.74) is 8.61. The second-order valence-corrected chi connectivity index (χ2v) is 7.35. The van der Waals surface area contributed by atoms with Gasteiger partial charge in [-0.15, -0.1) is 0 Å². The van der Waals surface area contributed by atoms with Crippen LogP contribution in [0.3, 0.4) is 0 Å². The molecule has 0 spiro atoms. The molecule has 1 fully saturated rings. The first kappa shape index (κ1) is 17.3. The highest BCUT2D eigenvalue weighted by atomic mass is 79.9. The summed E-state index contributed by atoms with van der Waals surface area (Å²) in [6.45, 7) is 3.34. The summed E-state index contributed by atoms with van der Waals surface area (Å²) in [7, 11) is 0. The van der Waals surface area contributed by atoms with E-state index in [1.165, 1.54) is 37.7 Å². The monoisotopic (exact) mass is 410 g/mol. The lowest BCUT2D eigenvalue weighted by molar-refractivity contribution is -0.741. The van der Waals surface area contributed by atoms with E-state index in [9.17, 15) is 0 Å². The van der Waals surface area contributed by atoms with Gasteiger partial charge in [-0.05, 0) is 47.8 Å². The molecule has 1 aliphatic rings.